The van der Waals surface area contributed by atoms with Gasteiger partial charge in [-0.1, -0.05) is 22.8 Å². The van der Waals surface area contributed by atoms with Crippen LogP contribution < -0.4 is 16.0 Å². The highest BCUT2D eigenvalue weighted by Crippen LogP contribution is 2.28. The quantitative estimate of drug-likeness (QED) is 0.323. The topological polar surface area (TPSA) is 95.9 Å². The molecule has 11 heteroatoms. The normalized spacial score (nSPS) is 11.9. The number of benzene rings is 1. The van der Waals surface area contributed by atoms with Crippen LogP contribution in [0.1, 0.15) is 12.0 Å². The number of halogens is 4. The monoisotopic (exact) mass is 417 g/mol. The number of rotatable bonds is 7. The molecule has 0 saturated heterocycles. The number of ether oxygens (including phenoxy) is 1. The molecule has 1 heterocycles. The molecule has 0 saturated carbocycles. The van der Waals surface area contributed by atoms with Crippen LogP contribution in [0, 0.1) is 0 Å². The van der Waals surface area contributed by atoms with Crippen LogP contribution in [0.5, 0.6) is 5.75 Å². The van der Waals surface area contributed by atoms with Crippen molar-refractivity contribution in [3.8, 4) is 5.75 Å². The van der Waals surface area contributed by atoms with E-state index in [1.807, 2.05) is 0 Å². The number of hydrogen-bond donors (Lipinski definition) is 1. The van der Waals surface area contributed by atoms with E-state index in [-0.39, 0.29) is 25.4 Å². The van der Waals surface area contributed by atoms with E-state index in [9.17, 15) is 22.8 Å². The Kier molecular flexibility index (Phi) is 7.05. The minimum absolute atomic E-state index is 0.149. The van der Waals surface area contributed by atoms with Gasteiger partial charge >= 0.3 is 12.1 Å². The molecular formula is C17H15ClF3N3O4. The van der Waals surface area contributed by atoms with E-state index in [0.29, 0.717) is 23.0 Å². The molecule has 0 aliphatic heterocycles. The van der Waals surface area contributed by atoms with Gasteiger partial charge in [0.2, 0.25) is 0 Å². The summed E-state index contributed by atoms with van der Waals surface area (Å²) in [5.41, 5.74) is 3.86. The second kappa shape index (κ2) is 9.27. The van der Waals surface area contributed by atoms with Gasteiger partial charge in [0.1, 0.15) is 12.4 Å². The number of amidine groups is 1. The molecule has 0 spiro atoms. The van der Waals surface area contributed by atoms with Gasteiger partial charge < -0.3 is 19.9 Å². The molecule has 1 aromatic carbocycles. The van der Waals surface area contributed by atoms with E-state index < -0.39 is 23.3 Å². The number of aryl methyl sites for hydroxylation is 1. The molecule has 2 aromatic rings. The largest absolute Gasteiger partial charge is 0.486 e. The van der Waals surface area contributed by atoms with Gasteiger partial charge in [-0.2, -0.15) is 13.2 Å². The SMILES string of the molecule is N/C(COc1cccc(Cl)c1)=N/OC(=O)CCn1cc(C(F)(F)F)ccc1=O. The van der Waals surface area contributed by atoms with Crippen molar-refractivity contribution in [2.24, 2.45) is 10.9 Å². The lowest BCUT2D eigenvalue weighted by molar-refractivity contribution is -0.144. The highest BCUT2D eigenvalue weighted by atomic mass is 35.5. The van der Waals surface area contributed by atoms with Gasteiger partial charge in [-0.15, -0.1) is 0 Å². The molecule has 0 aliphatic rings. The van der Waals surface area contributed by atoms with Crippen molar-refractivity contribution in [2.75, 3.05) is 6.61 Å². The number of oxime groups is 1. The summed E-state index contributed by atoms with van der Waals surface area (Å²) in [6.07, 6.45) is -4.35. The zero-order valence-electron chi connectivity index (χ0n) is 14.3. The number of pyridine rings is 1. The molecule has 2 rings (SSSR count). The first-order valence-corrected chi connectivity index (χ1v) is 8.21. The predicted octanol–water partition coefficient (Wildman–Crippen LogP) is 2.81. The first-order valence-electron chi connectivity index (χ1n) is 7.83. The molecule has 0 unspecified atom stereocenters. The molecule has 0 radical (unpaired) electrons. The number of nitrogens with two attached hydrogens (primary N) is 1. The summed E-state index contributed by atoms with van der Waals surface area (Å²) < 4.78 is 44.1. The fourth-order valence-electron chi connectivity index (χ4n) is 1.98. The summed E-state index contributed by atoms with van der Waals surface area (Å²) in [4.78, 5) is 27.8. The molecule has 0 amide bonds. The summed E-state index contributed by atoms with van der Waals surface area (Å²) in [6, 6.07) is 7.95. The molecule has 0 aliphatic carbocycles. The first-order chi connectivity index (χ1) is 13.1. The van der Waals surface area contributed by atoms with Crippen LogP contribution in [0.25, 0.3) is 0 Å². The minimum atomic E-state index is -4.60. The van der Waals surface area contributed by atoms with Crippen LogP contribution in [0.4, 0.5) is 13.2 Å². The molecule has 1 aromatic heterocycles. The average molecular weight is 418 g/mol. The number of alkyl halides is 3. The maximum atomic E-state index is 12.7. The molecule has 7 nitrogen and oxygen atoms in total. The maximum absolute atomic E-state index is 12.7. The number of nitrogens with zero attached hydrogens (tertiary/aromatic N) is 2. The van der Waals surface area contributed by atoms with Gasteiger partial charge in [-0.25, -0.2) is 4.79 Å². The third kappa shape index (κ3) is 6.62. The van der Waals surface area contributed by atoms with E-state index in [0.717, 1.165) is 10.6 Å². The van der Waals surface area contributed by atoms with Crippen LogP contribution in [0.3, 0.4) is 0 Å². The standard InChI is InChI=1S/C17H15ClF3N3O4/c18-12-2-1-3-13(8-12)27-10-14(22)23-28-16(26)6-7-24-9-11(17(19,20)21)4-5-15(24)25/h1-5,8-9H,6-7,10H2,(H2,22,23). The Morgan fingerprint density at radius 3 is 2.68 bits per heavy atom. The van der Waals surface area contributed by atoms with E-state index in [2.05, 4.69) is 9.99 Å². The number of aromatic nitrogens is 1. The van der Waals surface area contributed by atoms with Crippen LogP contribution in [-0.2, 0) is 22.4 Å². The van der Waals surface area contributed by atoms with E-state index in [1.54, 1.807) is 24.3 Å². The summed E-state index contributed by atoms with van der Waals surface area (Å²) in [7, 11) is 0. The fourth-order valence-corrected chi connectivity index (χ4v) is 2.16. The fraction of sp³-hybridized carbons (Fsp3) is 0.235. The van der Waals surface area contributed by atoms with Crippen molar-refractivity contribution in [3.05, 3.63) is 63.5 Å². The molecule has 2 N–H and O–H groups in total. The summed E-state index contributed by atoms with van der Waals surface area (Å²) in [5.74, 6) is -0.597. The Labute approximate surface area is 162 Å². The lowest BCUT2D eigenvalue weighted by atomic mass is 10.2. The van der Waals surface area contributed by atoms with Gasteiger partial charge in [0.25, 0.3) is 5.56 Å². The first kappa shape index (κ1) is 21.3. The highest BCUT2D eigenvalue weighted by molar-refractivity contribution is 6.30. The predicted molar refractivity (Wildman–Crippen MR) is 95.0 cm³/mol. The molecule has 0 fully saturated rings. The Morgan fingerprint density at radius 1 is 1.25 bits per heavy atom. The van der Waals surface area contributed by atoms with Gasteiger partial charge in [0, 0.05) is 23.8 Å². The smallest absolute Gasteiger partial charge is 0.417 e. The molecular weight excluding hydrogens is 403 g/mol. The lowest BCUT2D eigenvalue weighted by Gasteiger charge is -2.10. The van der Waals surface area contributed by atoms with Crippen LogP contribution in [0.15, 0.2) is 52.5 Å². The van der Waals surface area contributed by atoms with E-state index in [4.69, 9.17) is 22.1 Å². The second-order valence-electron chi connectivity index (χ2n) is 5.49. The van der Waals surface area contributed by atoms with Crippen LogP contribution in [-0.4, -0.2) is 23.0 Å². The zero-order chi connectivity index (χ0) is 20.7. The Hall–Kier alpha value is -3.01. The highest BCUT2D eigenvalue weighted by Gasteiger charge is 2.31. The molecule has 0 atom stereocenters. The second-order valence-corrected chi connectivity index (χ2v) is 5.93. The van der Waals surface area contributed by atoms with E-state index in [1.165, 1.54) is 0 Å². The number of hydrogen-bond acceptors (Lipinski definition) is 5. The lowest BCUT2D eigenvalue weighted by Crippen LogP contribution is -2.24. The van der Waals surface area contributed by atoms with Gasteiger partial charge in [0.05, 0.1) is 12.0 Å². The third-order valence-corrected chi connectivity index (χ3v) is 3.55. The number of carbonyl (C=O) groups is 1. The Balaban J connectivity index is 1.85. The molecule has 150 valence electrons. The van der Waals surface area contributed by atoms with Gasteiger partial charge in [-0.05, 0) is 24.3 Å². The summed E-state index contributed by atoms with van der Waals surface area (Å²) in [6.45, 7) is -0.489. The Bertz CT molecular complexity index is 928. The Morgan fingerprint density at radius 2 is 2.00 bits per heavy atom. The van der Waals surface area contributed by atoms with Crippen molar-refractivity contribution in [1.29, 1.82) is 0 Å². The summed E-state index contributed by atoms with van der Waals surface area (Å²) in [5, 5.41) is 3.83. The van der Waals surface area contributed by atoms with E-state index >= 15 is 0 Å². The third-order valence-electron chi connectivity index (χ3n) is 3.32. The van der Waals surface area contributed by atoms with Crippen LogP contribution >= 0.6 is 11.6 Å². The van der Waals surface area contributed by atoms with Crippen LogP contribution in [0.2, 0.25) is 5.02 Å². The zero-order valence-corrected chi connectivity index (χ0v) is 15.0. The van der Waals surface area contributed by atoms with Gasteiger partial charge in [-0.3, -0.25) is 4.79 Å². The van der Waals surface area contributed by atoms with Crippen molar-refractivity contribution in [3.63, 3.8) is 0 Å². The number of carbonyl (C=O) groups excluding carboxylic acids is 1. The maximum Gasteiger partial charge on any atom is 0.417 e. The molecule has 0 bridgehead atoms. The van der Waals surface area contributed by atoms with Crippen molar-refractivity contribution in [2.45, 2.75) is 19.1 Å². The van der Waals surface area contributed by atoms with Crippen molar-refractivity contribution < 1.29 is 27.5 Å². The van der Waals surface area contributed by atoms with Crippen molar-refractivity contribution >= 4 is 23.4 Å². The van der Waals surface area contributed by atoms with Crippen molar-refractivity contribution in [1.82, 2.24) is 4.57 Å². The van der Waals surface area contributed by atoms with Gasteiger partial charge in [0.15, 0.2) is 5.84 Å². The molecule has 28 heavy (non-hydrogen) atoms. The average Bonchev–Trinajstić information content (AvgIpc) is 2.63. The minimum Gasteiger partial charge on any atom is -0.486 e. The summed E-state index contributed by atoms with van der Waals surface area (Å²) >= 11 is 5.80.